The Kier molecular flexibility index (Phi) is 11.1. The van der Waals surface area contributed by atoms with E-state index in [0.717, 1.165) is 38.1 Å². The third-order valence-electron chi connectivity index (χ3n) is 7.40. The van der Waals surface area contributed by atoms with Gasteiger partial charge in [-0.3, -0.25) is 8.78 Å². The molecule has 0 fully saturated rings. The largest absolute Gasteiger partial charge is 4.00 e. The molecule has 0 aliphatic carbocycles. The van der Waals surface area contributed by atoms with Gasteiger partial charge in [0.25, 0.3) is 0 Å². The molecule has 1 atom stereocenters. The molecular weight excluding hydrogens is 790 g/mol. The Hall–Kier alpha value is -2.33. The van der Waals surface area contributed by atoms with Crippen LogP contribution < -0.4 is 24.8 Å². The van der Waals surface area contributed by atoms with Crippen LogP contribution in [0.5, 0.6) is 0 Å². The maximum Gasteiger partial charge on any atom is 4.00 e. The van der Waals surface area contributed by atoms with Crippen LogP contribution in [-0.4, -0.2) is 0 Å². The van der Waals surface area contributed by atoms with E-state index < -0.39 is 7.53 Å². The molecule has 0 aliphatic rings. The topological polar surface area (TPSA) is 0 Å². The molecule has 2 aromatic heterocycles. The van der Waals surface area contributed by atoms with Gasteiger partial charge < -0.3 is 24.8 Å². The second kappa shape index (κ2) is 14.2. The molecule has 0 N–H and O–H groups in total. The van der Waals surface area contributed by atoms with Crippen LogP contribution >= 0.6 is 30.1 Å². The number of rotatable bonds is 2. The van der Waals surface area contributed by atoms with Gasteiger partial charge in [-0.15, -0.1) is 46.0 Å². The maximum absolute atomic E-state index is 14.4. The summed E-state index contributed by atoms with van der Waals surface area (Å²) >= 11 is 2.33. The first-order valence-corrected chi connectivity index (χ1v) is 15.4. The van der Waals surface area contributed by atoms with Crippen molar-refractivity contribution in [3.63, 3.8) is 0 Å². The Labute approximate surface area is 295 Å². The molecule has 0 amide bonds. The quantitative estimate of drug-likeness (QED) is 0.150. The zero-order chi connectivity index (χ0) is 27.2. The molecule has 0 aliphatic heterocycles. The third-order valence-corrected chi connectivity index (χ3v) is 10.6. The van der Waals surface area contributed by atoms with Gasteiger partial charge in [0, 0.05) is 3.57 Å². The molecule has 0 radical (unpaired) electrons. The van der Waals surface area contributed by atoms with Crippen LogP contribution in [0, 0.1) is 15.2 Å². The molecule has 4 bridgehead atoms. The molecule has 7 heteroatoms. The predicted molar refractivity (Wildman–Crippen MR) is 176 cm³/mol. The van der Waals surface area contributed by atoms with E-state index in [2.05, 4.69) is 77.2 Å². The van der Waals surface area contributed by atoms with Crippen molar-refractivity contribution in [2.24, 2.45) is 0 Å². The van der Waals surface area contributed by atoms with E-state index in [0.29, 0.717) is 5.39 Å². The summed E-state index contributed by atoms with van der Waals surface area (Å²) in [4.78, 5) is 0. The van der Waals surface area contributed by atoms with Crippen molar-refractivity contribution < 1.29 is 59.8 Å². The molecule has 210 valence electrons. The fourth-order valence-electron chi connectivity index (χ4n) is 5.43. The summed E-state index contributed by atoms with van der Waals surface area (Å²) in [6.45, 7) is 0. The number of hydrogen-bond acceptors (Lipinski definition) is 0. The SMILES string of the molecule is Fc1ccc2c3cc([cH-]c13)c1ccc(cc1)p2-c1ccc(I)cc1.Fc1cccc2cc(-c3ccccc3)[cH-]c12.[Cl-].[Cl-].[Zr+4]. The summed E-state index contributed by atoms with van der Waals surface area (Å²) in [5.74, 6) is -0.285. The van der Waals surface area contributed by atoms with Crippen LogP contribution in [0.3, 0.4) is 0 Å². The normalized spacial score (nSPS) is 11.0. The minimum Gasteiger partial charge on any atom is -1.00 e. The first-order chi connectivity index (χ1) is 19.5. The molecule has 2 heterocycles. The van der Waals surface area contributed by atoms with Crippen LogP contribution in [0.4, 0.5) is 8.78 Å². The first-order valence-electron chi connectivity index (χ1n) is 13.0. The summed E-state index contributed by atoms with van der Waals surface area (Å²) in [7, 11) is -0.688. The van der Waals surface area contributed by atoms with Gasteiger partial charge in [-0.25, -0.2) is 0 Å². The van der Waals surface area contributed by atoms with Crippen molar-refractivity contribution in [2.75, 3.05) is 0 Å². The van der Waals surface area contributed by atoms with E-state index in [1.807, 2.05) is 60.7 Å². The summed E-state index contributed by atoms with van der Waals surface area (Å²) in [6, 6.07) is 44.3. The number of fused-ring (bicyclic) bond motifs is 3. The van der Waals surface area contributed by atoms with Crippen LogP contribution in [0.15, 0.2) is 133 Å². The van der Waals surface area contributed by atoms with Crippen LogP contribution in [-0.2, 0) is 26.2 Å². The average Bonchev–Trinajstić information content (AvgIpc) is 3.65. The number of halogens is 5. The number of benzene rings is 5. The van der Waals surface area contributed by atoms with E-state index in [4.69, 9.17) is 0 Å². The summed E-state index contributed by atoms with van der Waals surface area (Å²) in [5, 5.41) is 9.55. The van der Waals surface area contributed by atoms with Gasteiger partial charge in [0.2, 0.25) is 0 Å². The molecule has 0 saturated carbocycles. The van der Waals surface area contributed by atoms with E-state index in [1.54, 1.807) is 12.1 Å². The molecule has 7 aromatic carbocycles. The smallest absolute Gasteiger partial charge is 1.00 e. The second-order valence-electron chi connectivity index (χ2n) is 9.85. The van der Waals surface area contributed by atoms with Gasteiger partial charge >= 0.3 is 26.2 Å². The molecule has 0 nitrogen and oxygen atoms in total. The van der Waals surface area contributed by atoms with Crippen molar-refractivity contribution in [1.82, 2.24) is 0 Å². The van der Waals surface area contributed by atoms with Crippen molar-refractivity contribution in [1.29, 1.82) is 0 Å². The summed E-state index contributed by atoms with van der Waals surface area (Å²) in [5.41, 5.74) is 2.19. The minimum absolute atomic E-state index is 0. The first kappa shape index (κ1) is 33.6. The van der Waals surface area contributed by atoms with E-state index in [9.17, 15) is 8.78 Å². The van der Waals surface area contributed by atoms with Gasteiger partial charge in [-0.1, -0.05) is 114 Å². The van der Waals surface area contributed by atoms with Crippen molar-refractivity contribution in [3.05, 3.63) is 149 Å². The Balaban J connectivity index is 0.000000197. The van der Waals surface area contributed by atoms with Crippen molar-refractivity contribution >= 4 is 72.7 Å². The predicted octanol–water partition coefficient (Wildman–Crippen LogP) is 5.95. The van der Waals surface area contributed by atoms with Crippen molar-refractivity contribution in [2.45, 2.75) is 0 Å². The standard InChI is InChI=1S/C21H12FIP.C15H10F.2ClH.Zr/c22-20-9-10-21-19-12-14(11-18(19)20)13-1-5-16(6-2-13)24(21)17-7-3-15(23)4-8-17;16-15-8-4-7-12-9-13(10-14(12)15)11-5-2-1-3-6-11;;;/h1-12H;1-10H;2*1H;/q2*-1;;;+4/p-2. The Morgan fingerprint density at radius 1 is 0.605 bits per heavy atom. The second-order valence-corrected chi connectivity index (χ2v) is 13.3. The minimum atomic E-state index is -0.688. The fourth-order valence-corrected chi connectivity index (χ4v) is 8.18. The van der Waals surface area contributed by atoms with Gasteiger partial charge in [0.1, 0.15) is 0 Å². The third kappa shape index (κ3) is 6.56. The molecular formula is C36H22Cl2F2IPZr. The summed E-state index contributed by atoms with van der Waals surface area (Å²) < 4.78 is 29.1. The molecule has 9 rings (SSSR count). The van der Waals surface area contributed by atoms with Crippen LogP contribution in [0.2, 0.25) is 0 Å². The molecule has 9 aromatic rings. The molecule has 43 heavy (non-hydrogen) atoms. The Morgan fingerprint density at radius 2 is 1.30 bits per heavy atom. The van der Waals surface area contributed by atoms with Gasteiger partial charge in [-0.05, 0) is 62.4 Å². The molecule has 0 saturated heterocycles. The Bertz CT molecular complexity index is 2130. The van der Waals surface area contributed by atoms with Gasteiger partial charge in [0.05, 0.1) is 11.6 Å². The van der Waals surface area contributed by atoms with Crippen molar-refractivity contribution in [3.8, 4) is 16.4 Å². The number of hydrogen-bond donors (Lipinski definition) is 0. The summed E-state index contributed by atoms with van der Waals surface area (Å²) in [6.07, 6.45) is 0. The van der Waals surface area contributed by atoms with Gasteiger partial charge in [0.15, 0.2) is 0 Å². The van der Waals surface area contributed by atoms with Gasteiger partial charge in [-0.2, -0.15) is 0 Å². The maximum atomic E-state index is 14.4. The van der Waals surface area contributed by atoms with Crippen LogP contribution in [0.1, 0.15) is 0 Å². The zero-order valence-corrected chi connectivity index (χ0v) is 29.6. The fraction of sp³-hybridized carbons (Fsp3) is 0. The van der Waals surface area contributed by atoms with E-state index in [-0.39, 0.29) is 62.7 Å². The Morgan fingerprint density at radius 3 is 2.00 bits per heavy atom. The monoisotopic (exact) mass is 810 g/mol. The molecule has 1 unspecified atom stereocenters. The average molecular weight is 813 g/mol. The zero-order valence-electron chi connectivity index (χ0n) is 22.5. The van der Waals surface area contributed by atoms with Crippen LogP contribution in [0.25, 0.3) is 59.0 Å². The molecule has 0 spiro atoms. The van der Waals surface area contributed by atoms with E-state index in [1.165, 1.54) is 25.2 Å². The van der Waals surface area contributed by atoms with E-state index >= 15 is 0 Å².